The molecule has 3 rings (SSSR count). The van der Waals surface area contributed by atoms with Crippen LogP contribution in [-0.2, 0) is 9.59 Å². The van der Waals surface area contributed by atoms with Crippen molar-refractivity contribution in [2.45, 2.75) is 38.6 Å². The van der Waals surface area contributed by atoms with Crippen LogP contribution < -0.4 is 5.32 Å². The fraction of sp³-hybridized carbons (Fsp3) is 0.438. The number of rotatable bonds is 3. The van der Waals surface area contributed by atoms with E-state index in [9.17, 15) is 9.59 Å². The first kappa shape index (κ1) is 15.0. The topological polar surface area (TPSA) is 62.3 Å². The van der Waals surface area contributed by atoms with Crippen LogP contribution in [0.5, 0.6) is 0 Å². The predicted octanol–water partition coefficient (Wildman–Crippen LogP) is 3.03. The number of aromatic nitrogens is 1. The van der Waals surface area contributed by atoms with Crippen LogP contribution in [0.2, 0.25) is 0 Å². The van der Waals surface area contributed by atoms with Crippen LogP contribution in [-0.4, -0.2) is 34.3 Å². The van der Waals surface area contributed by atoms with E-state index < -0.39 is 6.04 Å². The zero-order valence-corrected chi connectivity index (χ0v) is 13.4. The number of carbonyl (C=O) groups excluding carboxylic acids is 2. The van der Waals surface area contributed by atoms with Gasteiger partial charge in [0.1, 0.15) is 6.04 Å². The minimum atomic E-state index is -0.461. The summed E-state index contributed by atoms with van der Waals surface area (Å²) in [7, 11) is 0. The van der Waals surface area contributed by atoms with Crippen LogP contribution in [0.4, 0.5) is 5.13 Å². The minimum Gasteiger partial charge on any atom is -0.331 e. The van der Waals surface area contributed by atoms with Crippen molar-refractivity contribution in [3.05, 3.63) is 24.3 Å². The quantitative estimate of drug-likeness (QED) is 0.946. The number of amides is 2. The second-order valence-electron chi connectivity index (χ2n) is 5.55. The van der Waals surface area contributed by atoms with Gasteiger partial charge in [-0.15, -0.1) is 0 Å². The Hall–Kier alpha value is -1.95. The third-order valence-electron chi connectivity index (χ3n) is 3.98. The highest BCUT2D eigenvalue weighted by atomic mass is 32.1. The molecule has 0 spiro atoms. The molecule has 1 saturated heterocycles. The Morgan fingerprint density at radius 2 is 2.14 bits per heavy atom. The summed E-state index contributed by atoms with van der Waals surface area (Å²) in [6, 6.07) is 7.31. The summed E-state index contributed by atoms with van der Waals surface area (Å²) in [5, 5.41) is 3.43. The molecule has 116 valence electrons. The van der Waals surface area contributed by atoms with Crippen molar-refractivity contribution in [1.29, 1.82) is 0 Å². The first-order valence-corrected chi connectivity index (χ1v) is 8.43. The number of thiazole rings is 1. The fourth-order valence-corrected chi connectivity index (χ4v) is 3.56. The number of fused-ring (bicyclic) bond motifs is 1. The molecule has 0 aliphatic carbocycles. The van der Waals surface area contributed by atoms with Crippen LogP contribution in [0.15, 0.2) is 24.3 Å². The van der Waals surface area contributed by atoms with Crippen LogP contribution in [0, 0.1) is 0 Å². The molecule has 2 heterocycles. The maximum Gasteiger partial charge on any atom is 0.248 e. The highest BCUT2D eigenvalue weighted by Crippen LogP contribution is 2.25. The molecule has 5 nitrogen and oxygen atoms in total. The van der Waals surface area contributed by atoms with E-state index in [4.69, 9.17) is 0 Å². The van der Waals surface area contributed by atoms with Gasteiger partial charge in [-0.2, -0.15) is 0 Å². The molecule has 1 aromatic carbocycles. The van der Waals surface area contributed by atoms with Gasteiger partial charge in [0, 0.05) is 13.0 Å². The number of hydrogen-bond donors (Lipinski definition) is 1. The van der Waals surface area contributed by atoms with Crippen molar-refractivity contribution in [3.8, 4) is 0 Å². The molecule has 0 radical (unpaired) electrons. The number of nitrogens with one attached hydrogen (secondary N) is 1. The summed E-state index contributed by atoms with van der Waals surface area (Å²) in [4.78, 5) is 30.6. The molecule has 6 heteroatoms. The minimum absolute atomic E-state index is 0.0736. The number of carbonyl (C=O) groups is 2. The van der Waals surface area contributed by atoms with Gasteiger partial charge in [0.25, 0.3) is 0 Å². The third-order valence-corrected chi connectivity index (χ3v) is 4.93. The Labute approximate surface area is 133 Å². The molecule has 1 aliphatic rings. The number of nitrogens with zero attached hydrogens (tertiary/aromatic N) is 2. The van der Waals surface area contributed by atoms with Crippen LogP contribution in [0.25, 0.3) is 10.2 Å². The van der Waals surface area contributed by atoms with Gasteiger partial charge in [-0.1, -0.05) is 29.9 Å². The van der Waals surface area contributed by atoms with E-state index >= 15 is 0 Å². The predicted molar refractivity (Wildman–Crippen MR) is 87.9 cm³/mol. The monoisotopic (exact) mass is 317 g/mol. The van der Waals surface area contributed by atoms with Gasteiger partial charge in [0.05, 0.1) is 10.2 Å². The maximum absolute atomic E-state index is 12.4. The number of anilines is 1. The molecule has 0 bridgehead atoms. The van der Waals surface area contributed by atoms with Gasteiger partial charge in [-0.05, 0) is 31.9 Å². The van der Waals surface area contributed by atoms with Gasteiger partial charge < -0.3 is 10.2 Å². The summed E-state index contributed by atoms with van der Waals surface area (Å²) in [6.45, 7) is 2.44. The Morgan fingerprint density at radius 3 is 2.95 bits per heavy atom. The molecular weight excluding hydrogens is 298 g/mol. The van der Waals surface area contributed by atoms with Crippen molar-refractivity contribution in [3.63, 3.8) is 0 Å². The molecule has 1 atom stereocenters. The molecule has 22 heavy (non-hydrogen) atoms. The summed E-state index contributed by atoms with van der Waals surface area (Å²) < 4.78 is 1.04. The maximum atomic E-state index is 12.4. The van der Waals surface area contributed by atoms with Crippen molar-refractivity contribution in [2.75, 3.05) is 11.9 Å². The van der Waals surface area contributed by atoms with E-state index in [1.54, 1.807) is 11.8 Å². The Morgan fingerprint density at radius 1 is 1.32 bits per heavy atom. The van der Waals surface area contributed by atoms with Gasteiger partial charge in [-0.25, -0.2) is 4.98 Å². The summed E-state index contributed by atoms with van der Waals surface area (Å²) >= 11 is 1.45. The van der Waals surface area contributed by atoms with Gasteiger partial charge in [-0.3, -0.25) is 9.59 Å². The number of hydrogen-bond acceptors (Lipinski definition) is 4. The lowest BCUT2D eigenvalue weighted by molar-refractivity contribution is -0.137. The third kappa shape index (κ3) is 3.11. The lowest BCUT2D eigenvalue weighted by Gasteiger charge is -2.26. The van der Waals surface area contributed by atoms with E-state index in [0.717, 1.165) is 29.5 Å². The summed E-state index contributed by atoms with van der Waals surface area (Å²) in [5.74, 6) is -0.0984. The summed E-state index contributed by atoms with van der Waals surface area (Å²) in [5.41, 5.74) is 0.876. The van der Waals surface area contributed by atoms with Crippen molar-refractivity contribution >= 4 is 38.5 Å². The standard InChI is InChI=1S/C16H19N3O2S/c1-11(19-10-6-2-3-9-14(19)20)15(21)18-16-17-12-7-4-5-8-13(12)22-16/h4-5,7-8,11H,2-3,6,9-10H2,1H3,(H,17,18,21)/t11-/m1/s1. The van der Waals surface area contributed by atoms with Gasteiger partial charge in [0.2, 0.25) is 11.8 Å². The lowest BCUT2D eigenvalue weighted by Crippen LogP contribution is -2.45. The molecule has 1 fully saturated rings. The molecular formula is C16H19N3O2S. The molecule has 2 amide bonds. The number of benzene rings is 1. The fourth-order valence-electron chi connectivity index (χ4n) is 2.69. The van der Waals surface area contributed by atoms with E-state index in [2.05, 4.69) is 10.3 Å². The lowest BCUT2D eigenvalue weighted by atomic mass is 10.2. The normalized spacial score (nSPS) is 17.3. The molecule has 1 aliphatic heterocycles. The summed E-state index contributed by atoms with van der Waals surface area (Å²) in [6.07, 6.45) is 3.47. The van der Waals surface area contributed by atoms with Crippen LogP contribution in [0.3, 0.4) is 0 Å². The number of para-hydroxylation sites is 1. The number of likely N-dealkylation sites (tertiary alicyclic amines) is 1. The molecule has 2 aromatic rings. The van der Waals surface area contributed by atoms with Gasteiger partial charge in [0.15, 0.2) is 5.13 Å². The van der Waals surface area contributed by atoms with Crippen LogP contribution >= 0.6 is 11.3 Å². The average molecular weight is 317 g/mol. The van der Waals surface area contributed by atoms with Crippen molar-refractivity contribution in [1.82, 2.24) is 9.88 Å². The van der Waals surface area contributed by atoms with E-state index in [1.807, 2.05) is 24.3 Å². The van der Waals surface area contributed by atoms with E-state index in [0.29, 0.717) is 18.1 Å². The molecule has 1 N–H and O–H groups in total. The average Bonchev–Trinajstić information content (AvgIpc) is 2.79. The first-order chi connectivity index (χ1) is 10.6. The SMILES string of the molecule is C[C@H](C(=O)Nc1nc2ccccc2s1)N1CCCCCC1=O. The smallest absolute Gasteiger partial charge is 0.248 e. The largest absolute Gasteiger partial charge is 0.331 e. The molecule has 0 unspecified atom stereocenters. The van der Waals surface area contributed by atoms with Crippen molar-refractivity contribution in [2.24, 2.45) is 0 Å². The first-order valence-electron chi connectivity index (χ1n) is 7.61. The zero-order valence-electron chi connectivity index (χ0n) is 12.5. The molecule has 1 aromatic heterocycles. The molecule has 0 saturated carbocycles. The van der Waals surface area contributed by atoms with Crippen LogP contribution in [0.1, 0.15) is 32.6 Å². The highest BCUT2D eigenvalue weighted by molar-refractivity contribution is 7.22. The second kappa shape index (κ2) is 6.44. The Bertz CT molecular complexity index is 665. The second-order valence-corrected chi connectivity index (χ2v) is 6.58. The van der Waals surface area contributed by atoms with Gasteiger partial charge >= 0.3 is 0 Å². The Balaban J connectivity index is 1.71. The van der Waals surface area contributed by atoms with E-state index in [1.165, 1.54) is 11.3 Å². The van der Waals surface area contributed by atoms with Crippen molar-refractivity contribution < 1.29 is 9.59 Å². The zero-order chi connectivity index (χ0) is 15.5. The Kier molecular flexibility index (Phi) is 4.38. The van der Waals surface area contributed by atoms with E-state index in [-0.39, 0.29) is 11.8 Å². The highest BCUT2D eigenvalue weighted by Gasteiger charge is 2.27.